The number of amides is 1. The summed E-state index contributed by atoms with van der Waals surface area (Å²) in [5, 5.41) is 22.2. The van der Waals surface area contributed by atoms with Crippen molar-refractivity contribution in [2.24, 2.45) is 0 Å². The van der Waals surface area contributed by atoms with Crippen LogP contribution < -0.4 is 4.90 Å². The molecule has 2 aromatic rings. The fourth-order valence-corrected chi connectivity index (χ4v) is 2.52. The van der Waals surface area contributed by atoms with Gasteiger partial charge in [0.15, 0.2) is 0 Å². The normalized spacial score (nSPS) is 10.4. The number of non-ortho nitro benzene ring substituents is 1. The maximum absolute atomic E-state index is 12.9. The number of nitro benzene ring substituents is 2. The second-order valence-corrected chi connectivity index (χ2v) is 5.95. The van der Waals surface area contributed by atoms with E-state index in [9.17, 15) is 25.0 Å². The van der Waals surface area contributed by atoms with Crippen LogP contribution in [0.5, 0.6) is 0 Å². The Morgan fingerprint density at radius 2 is 1.92 bits per heavy atom. The van der Waals surface area contributed by atoms with Crippen LogP contribution in [0, 0.1) is 27.2 Å². The number of pyridine rings is 1. The molecule has 0 fully saturated rings. The number of aromatic nitrogens is 1. The molecular formula is C15H13BrN4O5. The molecule has 0 saturated carbocycles. The Hall–Kier alpha value is -2.88. The molecule has 0 spiro atoms. The molecular weight excluding hydrogens is 396 g/mol. The molecule has 0 bridgehead atoms. The number of nitro groups is 2. The van der Waals surface area contributed by atoms with Crippen LogP contribution in [0.25, 0.3) is 0 Å². The third kappa shape index (κ3) is 3.79. The van der Waals surface area contributed by atoms with Gasteiger partial charge in [0.1, 0.15) is 5.82 Å². The van der Waals surface area contributed by atoms with Gasteiger partial charge in [0, 0.05) is 28.8 Å². The number of hydrogen-bond donors (Lipinski definition) is 0. The lowest BCUT2D eigenvalue weighted by molar-refractivity contribution is -0.394. The van der Waals surface area contributed by atoms with Gasteiger partial charge >= 0.3 is 0 Å². The lowest BCUT2D eigenvalue weighted by Crippen LogP contribution is -2.32. The average molecular weight is 409 g/mol. The number of rotatable bonds is 5. The Labute approximate surface area is 150 Å². The first-order chi connectivity index (χ1) is 11.8. The predicted octanol–water partition coefficient (Wildman–Crippen LogP) is 3.64. The SMILES string of the molecule is CCN(C(=O)c1cc([N+](=O)[O-])cc([N+](=O)[O-])c1C)c1ccc(Br)cn1. The molecule has 0 N–H and O–H groups in total. The fourth-order valence-electron chi connectivity index (χ4n) is 2.28. The summed E-state index contributed by atoms with van der Waals surface area (Å²) in [6, 6.07) is 5.19. The number of carbonyl (C=O) groups excluding carboxylic acids is 1. The first-order valence-corrected chi connectivity index (χ1v) is 7.92. The van der Waals surface area contributed by atoms with Gasteiger partial charge < -0.3 is 0 Å². The van der Waals surface area contributed by atoms with Crippen molar-refractivity contribution in [3.8, 4) is 0 Å². The molecule has 9 nitrogen and oxygen atoms in total. The van der Waals surface area contributed by atoms with Gasteiger partial charge in [-0.2, -0.15) is 0 Å². The highest BCUT2D eigenvalue weighted by Gasteiger charge is 2.27. The Morgan fingerprint density at radius 1 is 1.24 bits per heavy atom. The summed E-state index contributed by atoms with van der Waals surface area (Å²) >= 11 is 3.25. The highest BCUT2D eigenvalue weighted by atomic mass is 79.9. The van der Waals surface area contributed by atoms with E-state index < -0.39 is 27.1 Å². The van der Waals surface area contributed by atoms with Crippen molar-refractivity contribution in [2.45, 2.75) is 13.8 Å². The third-order valence-corrected chi connectivity index (χ3v) is 4.02. The highest BCUT2D eigenvalue weighted by molar-refractivity contribution is 9.10. The largest absolute Gasteiger partial charge is 0.293 e. The molecule has 0 unspecified atom stereocenters. The van der Waals surface area contributed by atoms with Crippen molar-refractivity contribution < 1.29 is 14.6 Å². The molecule has 0 saturated heterocycles. The van der Waals surface area contributed by atoms with Gasteiger partial charge in [0.2, 0.25) is 0 Å². The van der Waals surface area contributed by atoms with Crippen molar-refractivity contribution in [2.75, 3.05) is 11.4 Å². The number of hydrogen-bond acceptors (Lipinski definition) is 6. The lowest BCUT2D eigenvalue weighted by Gasteiger charge is -2.20. The molecule has 10 heteroatoms. The molecule has 0 aliphatic carbocycles. The van der Waals surface area contributed by atoms with Gasteiger partial charge in [-0.25, -0.2) is 4.98 Å². The second kappa shape index (κ2) is 7.34. The molecule has 1 aromatic carbocycles. The molecule has 2 rings (SSSR count). The molecule has 0 radical (unpaired) electrons. The minimum Gasteiger partial charge on any atom is -0.293 e. The summed E-state index contributed by atoms with van der Waals surface area (Å²) in [7, 11) is 0. The predicted molar refractivity (Wildman–Crippen MR) is 93.8 cm³/mol. The van der Waals surface area contributed by atoms with Crippen molar-refractivity contribution >= 4 is 39.0 Å². The highest BCUT2D eigenvalue weighted by Crippen LogP contribution is 2.29. The lowest BCUT2D eigenvalue weighted by atomic mass is 10.0. The Balaban J connectivity index is 2.58. The van der Waals surface area contributed by atoms with E-state index in [4.69, 9.17) is 0 Å². The number of anilines is 1. The van der Waals surface area contributed by atoms with E-state index in [1.165, 1.54) is 18.0 Å². The monoisotopic (exact) mass is 408 g/mol. The van der Waals surface area contributed by atoms with Gasteiger partial charge in [-0.05, 0) is 41.9 Å². The van der Waals surface area contributed by atoms with Crippen LogP contribution in [0.4, 0.5) is 17.2 Å². The minimum absolute atomic E-state index is 0.0659. The maximum Gasteiger partial charge on any atom is 0.279 e. The maximum atomic E-state index is 12.9. The van der Waals surface area contributed by atoms with E-state index in [-0.39, 0.29) is 17.7 Å². The van der Waals surface area contributed by atoms with Crippen LogP contribution in [0.1, 0.15) is 22.8 Å². The first kappa shape index (κ1) is 18.5. The van der Waals surface area contributed by atoms with Crippen LogP contribution in [0.15, 0.2) is 34.9 Å². The molecule has 130 valence electrons. The summed E-state index contributed by atoms with van der Waals surface area (Å²) in [5.41, 5.74) is -1.03. The van der Waals surface area contributed by atoms with Gasteiger partial charge in [-0.3, -0.25) is 29.9 Å². The van der Waals surface area contributed by atoms with E-state index in [0.29, 0.717) is 5.82 Å². The second-order valence-electron chi connectivity index (χ2n) is 5.04. The Morgan fingerprint density at radius 3 is 2.40 bits per heavy atom. The number of nitrogens with zero attached hydrogens (tertiary/aromatic N) is 4. The molecule has 1 heterocycles. The number of benzene rings is 1. The van der Waals surface area contributed by atoms with Gasteiger partial charge in [-0.15, -0.1) is 0 Å². The third-order valence-electron chi connectivity index (χ3n) is 3.55. The van der Waals surface area contributed by atoms with Crippen LogP contribution in [-0.2, 0) is 0 Å². The van der Waals surface area contributed by atoms with E-state index >= 15 is 0 Å². The smallest absolute Gasteiger partial charge is 0.279 e. The van der Waals surface area contributed by atoms with Crippen LogP contribution in [-0.4, -0.2) is 27.3 Å². The van der Waals surface area contributed by atoms with E-state index in [1.54, 1.807) is 19.1 Å². The van der Waals surface area contributed by atoms with Crippen LogP contribution >= 0.6 is 15.9 Å². The van der Waals surface area contributed by atoms with E-state index in [0.717, 1.165) is 16.6 Å². The van der Waals surface area contributed by atoms with E-state index in [1.807, 2.05) is 0 Å². The number of halogens is 1. The minimum atomic E-state index is -0.766. The standard InChI is InChI=1S/C15H13BrN4O5/c1-3-18(14-5-4-10(16)8-17-14)15(21)12-6-11(19(22)23)7-13(9(12)2)20(24)25/h4-8H,3H2,1-2H3. The van der Waals surface area contributed by atoms with Crippen molar-refractivity contribution in [3.05, 3.63) is 66.3 Å². The Bertz CT molecular complexity index is 854. The first-order valence-electron chi connectivity index (χ1n) is 7.13. The molecule has 1 amide bonds. The summed E-state index contributed by atoms with van der Waals surface area (Å²) in [6.07, 6.45) is 1.51. The van der Waals surface area contributed by atoms with Crippen LogP contribution in [0.2, 0.25) is 0 Å². The van der Waals surface area contributed by atoms with Gasteiger partial charge in [0.25, 0.3) is 17.3 Å². The fraction of sp³-hybridized carbons (Fsp3) is 0.200. The molecule has 25 heavy (non-hydrogen) atoms. The number of carbonyl (C=O) groups is 1. The summed E-state index contributed by atoms with van der Waals surface area (Å²) < 4.78 is 0.724. The van der Waals surface area contributed by atoms with Crippen molar-refractivity contribution in [1.82, 2.24) is 4.98 Å². The summed E-state index contributed by atoms with van der Waals surface area (Å²) in [6.45, 7) is 3.34. The molecule has 0 aliphatic heterocycles. The zero-order valence-electron chi connectivity index (χ0n) is 13.3. The van der Waals surface area contributed by atoms with Gasteiger partial charge in [0.05, 0.1) is 21.5 Å². The van der Waals surface area contributed by atoms with Gasteiger partial charge in [-0.1, -0.05) is 0 Å². The quantitative estimate of drug-likeness (QED) is 0.549. The van der Waals surface area contributed by atoms with Crippen LogP contribution in [0.3, 0.4) is 0 Å². The van der Waals surface area contributed by atoms with Crippen molar-refractivity contribution in [3.63, 3.8) is 0 Å². The molecule has 0 aliphatic rings. The van der Waals surface area contributed by atoms with Crippen molar-refractivity contribution in [1.29, 1.82) is 0 Å². The Kier molecular flexibility index (Phi) is 5.42. The topological polar surface area (TPSA) is 119 Å². The summed E-state index contributed by atoms with van der Waals surface area (Å²) in [5.74, 6) is -0.258. The zero-order chi connectivity index (χ0) is 18.7. The summed E-state index contributed by atoms with van der Waals surface area (Å²) in [4.78, 5) is 39.0. The zero-order valence-corrected chi connectivity index (χ0v) is 14.9. The molecule has 0 atom stereocenters. The average Bonchev–Trinajstić information content (AvgIpc) is 2.56. The van der Waals surface area contributed by atoms with E-state index in [2.05, 4.69) is 20.9 Å². The molecule has 1 aromatic heterocycles.